The fourth-order valence-corrected chi connectivity index (χ4v) is 2.34. The van der Waals surface area contributed by atoms with Crippen molar-refractivity contribution in [1.82, 2.24) is 9.80 Å². The summed E-state index contributed by atoms with van der Waals surface area (Å²) in [4.78, 5) is 15.4. The van der Waals surface area contributed by atoms with Gasteiger partial charge in [0.1, 0.15) is 0 Å². The Kier molecular flexibility index (Phi) is 6.80. The van der Waals surface area contributed by atoms with E-state index >= 15 is 0 Å². The van der Waals surface area contributed by atoms with Crippen LogP contribution >= 0.6 is 0 Å². The Bertz CT molecular complexity index is 266. The first-order valence-corrected chi connectivity index (χ1v) is 7.53. The molecule has 4 heteroatoms. The van der Waals surface area contributed by atoms with E-state index in [-0.39, 0.29) is 0 Å². The first kappa shape index (κ1) is 16.4. The number of rotatable bonds is 7. The van der Waals surface area contributed by atoms with E-state index in [1.54, 1.807) is 0 Å². The lowest BCUT2D eigenvalue weighted by Crippen LogP contribution is -2.47. The van der Waals surface area contributed by atoms with Gasteiger partial charge in [-0.3, -0.25) is 4.79 Å². The molecule has 0 unspecified atom stereocenters. The maximum absolute atomic E-state index is 10.4. The Morgan fingerprint density at radius 3 is 2.00 bits per heavy atom. The van der Waals surface area contributed by atoms with Gasteiger partial charge < -0.3 is 14.9 Å². The van der Waals surface area contributed by atoms with Crippen LogP contribution in [-0.2, 0) is 4.79 Å². The zero-order valence-corrected chi connectivity index (χ0v) is 12.8. The van der Waals surface area contributed by atoms with E-state index < -0.39 is 5.97 Å². The lowest BCUT2D eigenvalue weighted by atomic mass is 9.92. The second-order valence-electron chi connectivity index (χ2n) is 6.84. The van der Waals surface area contributed by atoms with E-state index in [0.29, 0.717) is 11.8 Å². The maximum Gasteiger partial charge on any atom is 0.303 e. The molecule has 0 aromatic rings. The number of carbonyl (C=O) groups is 1. The van der Waals surface area contributed by atoms with Gasteiger partial charge in [-0.25, -0.2) is 0 Å². The highest BCUT2D eigenvalue weighted by molar-refractivity contribution is 5.66. The van der Waals surface area contributed by atoms with E-state index in [1.807, 2.05) is 0 Å². The molecule has 19 heavy (non-hydrogen) atoms. The summed E-state index contributed by atoms with van der Waals surface area (Å²) in [7, 11) is 0. The summed E-state index contributed by atoms with van der Waals surface area (Å²) < 4.78 is 0. The summed E-state index contributed by atoms with van der Waals surface area (Å²) in [6.07, 6.45) is 3.38. The van der Waals surface area contributed by atoms with Gasteiger partial charge in [0.05, 0.1) is 0 Å². The Balaban J connectivity index is 2.07. The average Bonchev–Trinajstić information content (AvgIpc) is 2.32. The molecule has 112 valence electrons. The van der Waals surface area contributed by atoms with Crippen molar-refractivity contribution in [3.63, 3.8) is 0 Å². The number of piperazine rings is 1. The average molecular weight is 270 g/mol. The van der Waals surface area contributed by atoms with Crippen LogP contribution in [-0.4, -0.2) is 60.1 Å². The minimum absolute atomic E-state index is 0.311. The third-order valence-electron chi connectivity index (χ3n) is 3.76. The molecular weight excluding hydrogens is 240 g/mol. The molecule has 1 saturated heterocycles. The van der Waals surface area contributed by atoms with Crippen LogP contribution in [0.3, 0.4) is 0 Å². The molecule has 4 nitrogen and oxygen atoms in total. The predicted octanol–water partition coefficient (Wildman–Crippen LogP) is 2.30. The number of hydrogen-bond donors (Lipinski definition) is 1. The van der Waals surface area contributed by atoms with Gasteiger partial charge in [0.15, 0.2) is 0 Å². The van der Waals surface area contributed by atoms with Crippen molar-refractivity contribution < 1.29 is 9.90 Å². The van der Waals surface area contributed by atoms with E-state index in [0.717, 1.165) is 45.6 Å². The number of nitrogens with zero attached hydrogens (tertiary/aromatic N) is 2. The van der Waals surface area contributed by atoms with Gasteiger partial charge in [-0.05, 0) is 37.8 Å². The summed E-state index contributed by atoms with van der Waals surface area (Å²) in [5.74, 6) is -0.674. The number of hydrogen-bond acceptors (Lipinski definition) is 3. The third-order valence-corrected chi connectivity index (χ3v) is 3.76. The molecular formula is C15H30N2O2. The van der Waals surface area contributed by atoms with Gasteiger partial charge in [-0.15, -0.1) is 0 Å². The molecule has 0 radical (unpaired) electrons. The maximum atomic E-state index is 10.4. The fraction of sp³-hybridized carbons (Fsp3) is 0.933. The molecule has 1 aliphatic rings. The predicted molar refractivity (Wildman–Crippen MR) is 78.4 cm³/mol. The van der Waals surface area contributed by atoms with Crippen LogP contribution in [0, 0.1) is 5.41 Å². The molecule has 1 aliphatic heterocycles. The second-order valence-corrected chi connectivity index (χ2v) is 6.84. The first-order valence-electron chi connectivity index (χ1n) is 7.53. The molecule has 0 aliphatic carbocycles. The molecule has 1 rings (SSSR count). The molecule has 0 bridgehead atoms. The normalized spacial score (nSPS) is 18.7. The van der Waals surface area contributed by atoms with Crippen LogP contribution in [0.4, 0.5) is 0 Å². The Morgan fingerprint density at radius 1 is 1.00 bits per heavy atom. The summed E-state index contributed by atoms with van der Waals surface area (Å²) in [6, 6.07) is 0. The minimum Gasteiger partial charge on any atom is -0.481 e. The highest BCUT2D eigenvalue weighted by Gasteiger charge is 2.18. The van der Waals surface area contributed by atoms with Crippen LogP contribution in [0.2, 0.25) is 0 Å². The molecule has 0 spiro atoms. The van der Waals surface area contributed by atoms with Crippen molar-refractivity contribution in [3.8, 4) is 0 Å². The quantitative estimate of drug-likeness (QED) is 0.721. The number of carboxylic acid groups (broad SMARTS) is 1. The lowest BCUT2D eigenvalue weighted by Gasteiger charge is -2.36. The van der Waals surface area contributed by atoms with Gasteiger partial charge in [0, 0.05) is 32.6 Å². The van der Waals surface area contributed by atoms with Gasteiger partial charge in [-0.1, -0.05) is 20.8 Å². The van der Waals surface area contributed by atoms with E-state index in [1.165, 1.54) is 13.0 Å². The fourth-order valence-electron chi connectivity index (χ4n) is 2.34. The molecule has 1 N–H and O–H groups in total. The topological polar surface area (TPSA) is 43.8 Å². The zero-order chi connectivity index (χ0) is 14.3. The van der Waals surface area contributed by atoms with E-state index in [4.69, 9.17) is 5.11 Å². The molecule has 1 heterocycles. The molecule has 1 fully saturated rings. The van der Waals surface area contributed by atoms with Crippen molar-refractivity contribution in [2.24, 2.45) is 5.41 Å². The highest BCUT2D eigenvalue weighted by Crippen LogP contribution is 2.19. The van der Waals surface area contributed by atoms with Gasteiger partial charge in [0.25, 0.3) is 0 Å². The van der Waals surface area contributed by atoms with Crippen molar-refractivity contribution in [2.45, 2.75) is 46.5 Å². The third kappa shape index (κ3) is 8.22. The Morgan fingerprint density at radius 2 is 1.53 bits per heavy atom. The van der Waals surface area contributed by atoms with Gasteiger partial charge in [-0.2, -0.15) is 0 Å². The molecule has 0 aromatic carbocycles. The minimum atomic E-state index is -0.674. The van der Waals surface area contributed by atoms with Crippen LogP contribution in [0.25, 0.3) is 0 Å². The van der Waals surface area contributed by atoms with E-state index in [9.17, 15) is 4.79 Å². The molecule has 0 atom stereocenters. The van der Waals surface area contributed by atoms with Gasteiger partial charge in [0.2, 0.25) is 0 Å². The van der Waals surface area contributed by atoms with Crippen molar-refractivity contribution >= 4 is 5.97 Å². The monoisotopic (exact) mass is 270 g/mol. The summed E-state index contributed by atoms with van der Waals surface area (Å²) >= 11 is 0. The van der Waals surface area contributed by atoms with Crippen LogP contribution < -0.4 is 0 Å². The smallest absolute Gasteiger partial charge is 0.303 e. The molecule has 0 amide bonds. The Labute approximate surface area is 117 Å². The number of aliphatic carboxylic acids is 1. The van der Waals surface area contributed by atoms with Crippen molar-refractivity contribution in [1.29, 1.82) is 0 Å². The van der Waals surface area contributed by atoms with Gasteiger partial charge >= 0.3 is 5.97 Å². The standard InChI is InChI=1S/C15H30N2O2/c1-15(2,3)7-9-17-12-10-16(11-13-17)8-5-4-6-14(18)19/h4-13H2,1-3H3,(H,18,19). The highest BCUT2D eigenvalue weighted by atomic mass is 16.4. The van der Waals surface area contributed by atoms with Crippen LogP contribution in [0.1, 0.15) is 46.5 Å². The van der Waals surface area contributed by atoms with Crippen LogP contribution in [0.15, 0.2) is 0 Å². The second kappa shape index (κ2) is 7.85. The summed E-state index contributed by atoms with van der Waals surface area (Å²) in [5, 5.41) is 8.59. The van der Waals surface area contributed by atoms with Crippen molar-refractivity contribution in [2.75, 3.05) is 39.3 Å². The molecule has 0 aromatic heterocycles. The summed E-state index contributed by atoms with van der Waals surface area (Å²) in [6.45, 7) is 13.7. The van der Waals surface area contributed by atoms with E-state index in [2.05, 4.69) is 30.6 Å². The van der Waals surface area contributed by atoms with Crippen LogP contribution in [0.5, 0.6) is 0 Å². The largest absolute Gasteiger partial charge is 0.481 e. The molecule has 0 saturated carbocycles. The first-order chi connectivity index (χ1) is 8.87. The SMILES string of the molecule is CC(C)(C)CCN1CCN(CCCCC(=O)O)CC1. The Hall–Kier alpha value is -0.610. The number of carboxylic acids is 1. The summed E-state index contributed by atoms with van der Waals surface area (Å²) in [5.41, 5.74) is 0.425. The van der Waals surface area contributed by atoms with Crippen molar-refractivity contribution in [3.05, 3.63) is 0 Å². The number of unbranched alkanes of at least 4 members (excludes halogenated alkanes) is 1. The lowest BCUT2D eigenvalue weighted by molar-refractivity contribution is -0.137. The zero-order valence-electron chi connectivity index (χ0n) is 12.8.